The first-order chi connectivity index (χ1) is 11.5. The molecule has 1 aliphatic rings. The first kappa shape index (κ1) is 15.6. The largest absolute Gasteiger partial charge is 0.507 e. The number of phenols is 1. The fraction of sp³-hybridized carbons (Fsp3) is 0.111. The van der Waals surface area contributed by atoms with Gasteiger partial charge in [-0.15, -0.1) is 0 Å². The average Bonchev–Trinajstić information content (AvgIpc) is 2.59. The highest BCUT2D eigenvalue weighted by Gasteiger charge is 2.28. The van der Waals surface area contributed by atoms with Gasteiger partial charge in [-0.25, -0.2) is 0 Å². The molecule has 2 aromatic carbocycles. The van der Waals surface area contributed by atoms with Crippen LogP contribution in [0.1, 0.15) is 20.7 Å². The molecule has 2 aromatic rings. The van der Waals surface area contributed by atoms with Crippen LogP contribution in [0, 0.1) is 0 Å². The summed E-state index contributed by atoms with van der Waals surface area (Å²) in [5.74, 6) is 0.0577. The predicted octanol–water partition coefficient (Wildman–Crippen LogP) is 2.78. The second-order valence-electron chi connectivity index (χ2n) is 5.15. The van der Waals surface area contributed by atoms with Gasteiger partial charge in [0.2, 0.25) is 5.78 Å². The number of Topliss-reactive ketones (excluding diaryl/α,β-unsaturated/α-hetero) is 1. The minimum absolute atomic E-state index is 0.0281. The van der Waals surface area contributed by atoms with Crippen LogP contribution in [0.5, 0.6) is 17.2 Å². The fourth-order valence-corrected chi connectivity index (χ4v) is 2.56. The second kappa shape index (κ2) is 6.08. The van der Waals surface area contributed by atoms with E-state index in [2.05, 4.69) is 5.32 Å². The van der Waals surface area contributed by atoms with Gasteiger partial charge in [0.25, 0.3) is 0 Å². The van der Waals surface area contributed by atoms with E-state index in [1.165, 1.54) is 38.5 Å². The molecule has 24 heavy (non-hydrogen) atoms. The molecule has 0 amide bonds. The van der Waals surface area contributed by atoms with E-state index in [1.54, 1.807) is 18.2 Å². The number of fused-ring (bicyclic) bond motifs is 1. The Kier molecular flexibility index (Phi) is 3.95. The third-order valence-corrected chi connectivity index (χ3v) is 3.72. The number of carbonyl (C=O) groups is 2. The van der Waals surface area contributed by atoms with Crippen LogP contribution in [0.25, 0.3) is 0 Å². The lowest BCUT2D eigenvalue weighted by Crippen LogP contribution is -2.21. The molecule has 0 aromatic heterocycles. The van der Waals surface area contributed by atoms with Crippen LogP contribution in [-0.2, 0) is 0 Å². The van der Waals surface area contributed by atoms with Gasteiger partial charge in [-0.2, -0.15) is 0 Å². The molecule has 6 nitrogen and oxygen atoms in total. The highest BCUT2D eigenvalue weighted by atomic mass is 16.5. The number of ketones is 2. The maximum Gasteiger partial charge on any atom is 0.210 e. The minimum Gasteiger partial charge on any atom is -0.507 e. The Morgan fingerprint density at radius 1 is 1.00 bits per heavy atom. The number of phenolic OH excluding ortho intramolecular Hbond substituents is 1. The summed E-state index contributed by atoms with van der Waals surface area (Å²) in [7, 11) is 3.04. The smallest absolute Gasteiger partial charge is 0.210 e. The van der Waals surface area contributed by atoms with E-state index in [1.807, 2.05) is 0 Å². The Balaban J connectivity index is 1.95. The first-order valence-corrected chi connectivity index (χ1v) is 7.17. The molecule has 2 N–H and O–H groups in total. The third kappa shape index (κ3) is 2.58. The SMILES string of the molecule is COc1ccc(NC2=CC(=O)c3c(O)cccc3C2=O)cc1OC. The molecular weight excluding hydrogens is 310 g/mol. The summed E-state index contributed by atoms with van der Waals surface area (Å²) in [6.07, 6.45) is 1.18. The summed E-state index contributed by atoms with van der Waals surface area (Å²) in [5, 5.41) is 12.7. The van der Waals surface area contributed by atoms with E-state index >= 15 is 0 Å². The van der Waals surface area contributed by atoms with Crippen molar-refractivity contribution in [2.75, 3.05) is 19.5 Å². The Bertz CT molecular complexity index is 870. The van der Waals surface area contributed by atoms with Crippen LogP contribution in [0.2, 0.25) is 0 Å². The van der Waals surface area contributed by atoms with Gasteiger partial charge < -0.3 is 19.9 Å². The molecule has 0 fully saturated rings. The van der Waals surface area contributed by atoms with Crippen molar-refractivity contribution in [1.82, 2.24) is 0 Å². The van der Waals surface area contributed by atoms with E-state index in [4.69, 9.17) is 9.47 Å². The predicted molar refractivity (Wildman–Crippen MR) is 88.0 cm³/mol. The van der Waals surface area contributed by atoms with Gasteiger partial charge in [-0.05, 0) is 24.3 Å². The van der Waals surface area contributed by atoms with Gasteiger partial charge in [0.05, 0.1) is 25.5 Å². The van der Waals surface area contributed by atoms with Gasteiger partial charge in [0.15, 0.2) is 17.3 Å². The molecule has 0 saturated heterocycles. The number of allylic oxidation sites excluding steroid dienone is 2. The van der Waals surface area contributed by atoms with Crippen molar-refractivity contribution in [1.29, 1.82) is 0 Å². The molecule has 0 spiro atoms. The van der Waals surface area contributed by atoms with E-state index in [9.17, 15) is 14.7 Å². The number of aromatic hydroxyl groups is 1. The van der Waals surface area contributed by atoms with Crippen molar-refractivity contribution in [3.63, 3.8) is 0 Å². The Morgan fingerprint density at radius 3 is 2.46 bits per heavy atom. The number of hydrogen-bond acceptors (Lipinski definition) is 6. The van der Waals surface area contributed by atoms with Gasteiger partial charge in [0, 0.05) is 23.4 Å². The summed E-state index contributed by atoms with van der Waals surface area (Å²) in [6, 6.07) is 9.48. The molecule has 3 rings (SSSR count). The fourth-order valence-electron chi connectivity index (χ4n) is 2.56. The molecule has 0 unspecified atom stereocenters. The van der Waals surface area contributed by atoms with Crippen LogP contribution in [0.15, 0.2) is 48.2 Å². The number of carbonyl (C=O) groups excluding carboxylic acids is 2. The highest BCUT2D eigenvalue weighted by molar-refractivity contribution is 6.26. The number of nitrogens with one attached hydrogen (secondary N) is 1. The lowest BCUT2D eigenvalue weighted by Gasteiger charge is -2.18. The zero-order valence-corrected chi connectivity index (χ0v) is 13.1. The van der Waals surface area contributed by atoms with Crippen molar-refractivity contribution in [3.05, 3.63) is 59.3 Å². The van der Waals surface area contributed by atoms with Crippen molar-refractivity contribution >= 4 is 17.3 Å². The zero-order valence-electron chi connectivity index (χ0n) is 13.1. The number of ether oxygens (including phenoxy) is 2. The molecular formula is C18H15NO5. The number of hydrogen-bond donors (Lipinski definition) is 2. The van der Waals surface area contributed by atoms with Crippen molar-refractivity contribution in [3.8, 4) is 17.2 Å². The van der Waals surface area contributed by atoms with Gasteiger partial charge >= 0.3 is 0 Å². The molecule has 0 aliphatic heterocycles. The number of methoxy groups -OCH3 is 2. The van der Waals surface area contributed by atoms with E-state index < -0.39 is 5.78 Å². The Morgan fingerprint density at radius 2 is 1.75 bits per heavy atom. The van der Waals surface area contributed by atoms with Crippen LogP contribution in [0.3, 0.4) is 0 Å². The summed E-state index contributed by atoms with van der Waals surface area (Å²) >= 11 is 0. The third-order valence-electron chi connectivity index (χ3n) is 3.72. The first-order valence-electron chi connectivity index (χ1n) is 7.17. The number of anilines is 1. The van der Waals surface area contributed by atoms with Crippen molar-refractivity contribution < 1.29 is 24.2 Å². The molecule has 0 heterocycles. The lowest BCUT2D eigenvalue weighted by atomic mass is 9.92. The number of benzene rings is 2. The van der Waals surface area contributed by atoms with Gasteiger partial charge in [0.1, 0.15) is 5.75 Å². The van der Waals surface area contributed by atoms with Gasteiger partial charge in [-0.3, -0.25) is 9.59 Å². The quantitative estimate of drug-likeness (QED) is 0.899. The minimum atomic E-state index is -0.425. The molecule has 0 bridgehead atoms. The Hall–Kier alpha value is -3.28. The molecule has 0 radical (unpaired) electrons. The molecule has 122 valence electrons. The molecule has 1 aliphatic carbocycles. The van der Waals surface area contributed by atoms with E-state index in [-0.39, 0.29) is 28.4 Å². The molecule has 0 saturated carbocycles. The van der Waals surface area contributed by atoms with Crippen LogP contribution < -0.4 is 14.8 Å². The summed E-state index contributed by atoms with van der Waals surface area (Å²) in [5.41, 5.74) is 0.903. The standard InChI is InChI=1S/C18H15NO5/c1-23-15-7-6-10(8-16(15)24-2)19-12-9-14(21)17-11(18(12)22)4-3-5-13(17)20/h3-9,19-20H,1-2H3. The molecule has 0 atom stereocenters. The molecule has 6 heteroatoms. The van der Waals surface area contributed by atoms with Crippen LogP contribution in [-0.4, -0.2) is 30.9 Å². The van der Waals surface area contributed by atoms with Crippen molar-refractivity contribution in [2.45, 2.75) is 0 Å². The summed E-state index contributed by atoms with van der Waals surface area (Å²) in [4.78, 5) is 24.7. The van der Waals surface area contributed by atoms with E-state index in [0.717, 1.165) is 0 Å². The monoisotopic (exact) mass is 325 g/mol. The number of rotatable bonds is 4. The zero-order chi connectivity index (χ0) is 17.3. The second-order valence-corrected chi connectivity index (χ2v) is 5.15. The van der Waals surface area contributed by atoms with Gasteiger partial charge in [-0.1, -0.05) is 6.07 Å². The normalized spacial score (nSPS) is 13.2. The average molecular weight is 325 g/mol. The Labute approximate surface area is 138 Å². The summed E-state index contributed by atoms with van der Waals surface area (Å²) < 4.78 is 10.4. The van der Waals surface area contributed by atoms with E-state index in [0.29, 0.717) is 17.2 Å². The van der Waals surface area contributed by atoms with Crippen molar-refractivity contribution in [2.24, 2.45) is 0 Å². The maximum atomic E-state index is 12.5. The lowest BCUT2D eigenvalue weighted by molar-refractivity contribution is 0.0983. The van der Waals surface area contributed by atoms with Crippen LogP contribution >= 0.6 is 0 Å². The van der Waals surface area contributed by atoms with Crippen LogP contribution in [0.4, 0.5) is 5.69 Å². The maximum absolute atomic E-state index is 12.5. The topological polar surface area (TPSA) is 84.9 Å². The summed E-state index contributed by atoms with van der Waals surface area (Å²) in [6.45, 7) is 0. The highest BCUT2D eigenvalue weighted by Crippen LogP contribution is 2.32.